The molecule has 20 heavy (non-hydrogen) atoms. The summed E-state index contributed by atoms with van der Waals surface area (Å²) in [5.41, 5.74) is 2.43. The summed E-state index contributed by atoms with van der Waals surface area (Å²) < 4.78 is 23.6. The Bertz CT molecular complexity index is 508. The van der Waals surface area contributed by atoms with E-state index in [0.717, 1.165) is 23.9 Å². The van der Waals surface area contributed by atoms with Crippen LogP contribution < -0.4 is 5.32 Å². The third-order valence-electron chi connectivity index (χ3n) is 3.12. The summed E-state index contributed by atoms with van der Waals surface area (Å²) in [6.45, 7) is 5.14. The molecule has 114 valence electrons. The van der Waals surface area contributed by atoms with Crippen molar-refractivity contribution in [2.75, 3.05) is 18.6 Å². The number of sulfone groups is 1. The molecule has 0 aliphatic heterocycles. The fourth-order valence-corrected chi connectivity index (χ4v) is 3.54. The third-order valence-corrected chi connectivity index (χ3v) is 4.60. The lowest BCUT2D eigenvalue weighted by Gasteiger charge is -2.20. The van der Waals surface area contributed by atoms with Gasteiger partial charge in [0, 0.05) is 22.5 Å². The molecule has 0 saturated carbocycles. The van der Waals surface area contributed by atoms with Gasteiger partial charge >= 0.3 is 0 Å². The molecule has 0 aliphatic rings. The number of benzene rings is 1. The summed E-state index contributed by atoms with van der Waals surface area (Å²) in [5.74, 6) is 0.254. The fraction of sp³-hybridized carbons (Fsp3) is 0.600. The van der Waals surface area contributed by atoms with E-state index in [1.54, 1.807) is 0 Å². The first-order valence-electron chi connectivity index (χ1n) is 7.00. The lowest BCUT2D eigenvalue weighted by atomic mass is 10.0. The van der Waals surface area contributed by atoms with Gasteiger partial charge in [-0.1, -0.05) is 28.9 Å². The molecule has 0 saturated heterocycles. The average molecular weight is 362 g/mol. The Balaban J connectivity index is 2.77. The van der Waals surface area contributed by atoms with Crippen molar-refractivity contribution in [1.82, 2.24) is 5.32 Å². The Morgan fingerprint density at radius 2 is 2.00 bits per heavy atom. The van der Waals surface area contributed by atoms with Gasteiger partial charge in [0.2, 0.25) is 0 Å². The van der Waals surface area contributed by atoms with Crippen LogP contribution in [-0.2, 0) is 9.84 Å². The summed E-state index contributed by atoms with van der Waals surface area (Å²) in [6, 6.07) is 6.57. The second kappa shape index (κ2) is 8.15. The molecule has 0 radical (unpaired) electrons. The van der Waals surface area contributed by atoms with E-state index in [1.165, 1.54) is 17.4 Å². The van der Waals surface area contributed by atoms with Crippen molar-refractivity contribution in [2.24, 2.45) is 0 Å². The van der Waals surface area contributed by atoms with E-state index in [9.17, 15) is 8.42 Å². The van der Waals surface area contributed by atoms with Crippen molar-refractivity contribution >= 4 is 25.8 Å². The van der Waals surface area contributed by atoms with Gasteiger partial charge in [0.25, 0.3) is 0 Å². The van der Waals surface area contributed by atoms with Gasteiger partial charge in [0.15, 0.2) is 0 Å². The molecule has 1 aromatic rings. The molecule has 1 unspecified atom stereocenters. The van der Waals surface area contributed by atoms with E-state index in [1.807, 2.05) is 0 Å². The summed E-state index contributed by atoms with van der Waals surface area (Å²) >= 11 is 3.53. The molecule has 1 atom stereocenters. The van der Waals surface area contributed by atoms with Crippen LogP contribution in [0.5, 0.6) is 0 Å². The molecule has 0 spiro atoms. The highest BCUT2D eigenvalue weighted by Gasteiger charge is 2.13. The highest BCUT2D eigenvalue weighted by Crippen LogP contribution is 2.24. The molecule has 0 aliphatic carbocycles. The maximum absolute atomic E-state index is 11.2. The number of hydrogen-bond acceptors (Lipinski definition) is 3. The van der Waals surface area contributed by atoms with E-state index in [-0.39, 0.29) is 11.8 Å². The molecular weight excluding hydrogens is 338 g/mol. The van der Waals surface area contributed by atoms with Gasteiger partial charge in [-0.15, -0.1) is 0 Å². The van der Waals surface area contributed by atoms with Crippen molar-refractivity contribution in [3.63, 3.8) is 0 Å². The van der Waals surface area contributed by atoms with Crippen LogP contribution in [0.1, 0.15) is 43.4 Å². The fourth-order valence-electron chi connectivity index (χ4n) is 2.22. The zero-order chi connectivity index (χ0) is 15.2. The summed E-state index contributed by atoms with van der Waals surface area (Å²) in [5, 5.41) is 3.51. The summed E-state index contributed by atoms with van der Waals surface area (Å²) in [7, 11) is -2.88. The summed E-state index contributed by atoms with van der Waals surface area (Å²) in [6.07, 6.45) is 3.88. The maximum atomic E-state index is 11.2. The standard InChI is InChI=1S/C15H24BrNO2S/c1-4-7-17-15(6-5-8-20(3,18)19)13-9-12(2)10-14(16)11-13/h9-11,15,17H,4-8H2,1-3H3. The predicted octanol–water partition coefficient (Wildman–Crippen LogP) is 3.62. The number of halogens is 1. The van der Waals surface area contributed by atoms with Gasteiger partial charge in [0.05, 0.1) is 0 Å². The molecule has 0 heterocycles. The van der Waals surface area contributed by atoms with E-state index in [2.05, 4.69) is 53.3 Å². The number of nitrogens with one attached hydrogen (secondary N) is 1. The topological polar surface area (TPSA) is 46.2 Å². The van der Waals surface area contributed by atoms with Crippen molar-refractivity contribution in [3.05, 3.63) is 33.8 Å². The van der Waals surface area contributed by atoms with Gasteiger partial charge in [-0.3, -0.25) is 0 Å². The van der Waals surface area contributed by atoms with Crippen LogP contribution in [0.15, 0.2) is 22.7 Å². The van der Waals surface area contributed by atoms with E-state index >= 15 is 0 Å². The first-order valence-corrected chi connectivity index (χ1v) is 9.85. The Morgan fingerprint density at radius 1 is 1.30 bits per heavy atom. The van der Waals surface area contributed by atoms with Crippen LogP contribution >= 0.6 is 15.9 Å². The minimum atomic E-state index is -2.88. The van der Waals surface area contributed by atoms with Crippen molar-refractivity contribution in [3.8, 4) is 0 Å². The van der Waals surface area contributed by atoms with Gasteiger partial charge in [-0.25, -0.2) is 8.42 Å². The van der Waals surface area contributed by atoms with Crippen LogP contribution in [0.25, 0.3) is 0 Å². The monoisotopic (exact) mass is 361 g/mol. The molecule has 1 aromatic carbocycles. The molecule has 3 nitrogen and oxygen atoms in total. The molecule has 5 heteroatoms. The van der Waals surface area contributed by atoms with E-state index < -0.39 is 9.84 Å². The summed E-state index contributed by atoms with van der Waals surface area (Å²) in [4.78, 5) is 0. The predicted molar refractivity (Wildman–Crippen MR) is 88.9 cm³/mol. The molecule has 0 bridgehead atoms. The smallest absolute Gasteiger partial charge is 0.147 e. The zero-order valence-electron chi connectivity index (χ0n) is 12.4. The van der Waals surface area contributed by atoms with E-state index in [0.29, 0.717) is 6.42 Å². The van der Waals surface area contributed by atoms with Crippen LogP contribution in [-0.4, -0.2) is 27.0 Å². The molecule has 0 aromatic heterocycles. The van der Waals surface area contributed by atoms with E-state index in [4.69, 9.17) is 0 Å². The molecule has 1 N–H and O–H groups in total. The molecule has 0 fully saturated rings. The van der Waals surface area contributed by atoms with Crippen molar-refractivity contribution < 1.29 is 8.42 Å². The van der Waals surface area contributed by atoms with Crippen molar-refractivity contribution in [1.29, 1.82) is 0 Å². The van der Waals surface area contributed by atoms with Crippen LogP contribution in [0.2, 0.25) is 0 Å². The number of rotatable bonds is 8. The van der Waals surface area contributed by atoms with Gasteiger partial charge in [0.1, 0.15) is 9.84 Å². The zero-order valence-corrected chi connectivity index (χ0v) is 14.9. The van der Waals surface area contributed by atoms with Gasteiger partial charge in [-0.2, -0.15) is 0 Å². The maximum Gasteiger partial charge on any atom is 0.147 e. The van der Waals surface area contributed by atoms with Crippen LogP contribution in [0, 0.1) is 6.92 Å². The number of hydrogen-bond donors (Lipinski definition) is 1. The Kier molecular flexibility index (Phi) is 7.20. The quantitative estimate of drug-likeness (QED) is 0.768. The highest BCUT2D eigenvalue weighted by molar-refractivity contribution is 9.10. The van der Waals surface area contributed by atoms with Crippen LogP contribution in [0.3, 0.4) is 0 Å². The Labute approximate surface area is 131 Å². The first-order chi connectivity index (χ1) is 9.31. The second-order valence-corrected chi connectivity index (χ2v) is 8.52. The Morgan fingerprint density at radius 3 is 2.55 bits per heavy atom. The molecule has 1 rings (SSSR count). The number of aryl methyl sites for hydroxylation is 1. The Hall–Kier alpha value is -0.390. The largest absolute Gasteiger partial charge is 0.310 e. The normalized spacial score (nSPS) is 13.4. The lowest BCUT2D eigenvalue weighted by Crippen LogP contribution is -2.23. The van der Waals surface area contributed by atoms with Gasteiger partial charge < -0.3 is 5.32 Å². The van der Waals surface area contributed by atoms with Gasteiger partial charge in [-0.05, 0) is 56.0 Å². The minimum absolute atomic E-state index is 0.216. The first kappa shape index (κ1) is 17.7. The molecule has 0 amide bonds. The SMILES string of the molecule is CCCNC(CCCS(C)(=O)=O)c1cc(C)cc(Br)c1. The molecular formula is C15H24BrNO2S. The second-order valence-electron chi connectivity index (χ2n) is 5.34. The minimum Gasteiger partial charge on any atom is -0.310 e. The average Bonchev–Trinajstić information content (AvgIpc) is 2.30. The lowest BCUT2D eigenvalue weighted by molar-refractivity contribution is 0.492. The highest BCUT2D eigenvalue weighted by atomic mass is 79.9. The van der Waals surface area contributed by atoms with Crippen molar-refractivity contribution in [2.45, 2.75) is 39.2 Å². The third kappa shape index (κ3) is 6.86. The van der Waals surface area contributed by atoms with Crippen LogP contribution in [0.4, 0.5) is 0 Å².